The third-order valence-corrected chi connectivity index (χ3v) is 6.33. The maximum absolute atomic E-state index is 12.1. The van der Waals surface area contributed by atoms with Gasteiger partial charge in [-0.05, 0) is 30.2 Å². The van der Waals surface area contributed by atoms with E-state index in [9.17, 15) is 8.42 Å². The average molecular weight is 345 g/mol. The summed E-state index contributed by atoms with van der Waals surface area (Å²) in [5.74, 6) is 1.09. The molecular formula is C14H20N2O2S3. The van der Waals surface area contributed by atoms with Gasteiger partial charge in [-0.25, -0.2) is 13.1 Å². The quantitative estimate of drug-likeness (QED) is 0.773. The molecule has 1 fully saturated rings. The summed E-state index contributed by atoms with van der Waals surface area (Å²) in [6.07, 6.45) is 3.51. The monoisotopic (exact) mass is 344 g/mol. The lowest BCUT2D eigenvalue weighted by molar-refractivity contribution is 0.573. The highest BCUT2D eigenvalue weighted by Gasteiger charge is 2.18. The predicted octanol–water partition coefficient (Wildman–Crippen LogP) is 2.03. The molecule has 3 N–H and O–H groups in total. The van der Waals surface area contributed by atoms with Gasteiger partial charge in [-0.15, -0.1) is 0 Å². The molecule has 1 atom stereocenters. The van der Waals surface area contributed by atoms with Gasteiger partial charge in [-0.2, -0.15) is 11.8 Å². The summed E-state index contributed by atoms with van der Waals surface area (Å²) in [4.78, 5) is 0.279. The smallest absolute Gasteiger partial charge is 0.215 e. The first-order chi connectivity index (χ1) is 9.96. The summed E-state index contributed by atoms with van der Waals surface area (Å²) in [5.41, 5.74) is 6.96. The Morgan fingerprint density at radius 1 is 1.43 bits per heavy atom. The molecule has 116 valence electrons. The molecule has 1 aromatic carbocycles. The van der Waals surface area contributed by atoms with Crippen LogP contribution in [0.4, 0.5) is 0 Å². The number of thioether (sulfide) groups is 1. The second kappa shape index (κ2) is 7.58. The van der Waals surface area contributed by atoms with Gasteiger partial charge in [0.25, 0.3) is 0 Å². The first kappa shape index (κ1) is 16.7. The molecule has 0 saturated carbocycles. The summed E-state index contributed by atoms with van der Waals surface area (Å²) < 4.78 is 27.0. The maximum atomic E-state index is 12.1. The molecule has 0 spiro atoms. The number of hydrogen-bond acceptors (Lipinski definition) is 4. The Morgan fingerprint density at radius 2 is 2.24 bits per heavy atom. The third-order valence-electron chi connectivity index (χ3n) is 3.37. The second-order valence-corrected chi connectivity index (χ2v) is 8.82. The fraction of sp³-hybridized carbons (Fsp3) is 0.500. The van der Waals surface area contributed by atoms with Gasteiger partial charge in [-0.1, -0.05) is 36.8 Å². The van der Waals surface area contributed by atoms with Gasteiger partial charge in [-0.3, -0.25) is 0 Å². The number of thiocarbonyl (C=S) groups is 1. The largest absolute Gasteiger partial charge is 0.389 e. The summed E-state index contributed by atoms with van der Waals surface area (Å²) in [7, 11) is -3.32. The van der Waals surface area contributed by atoms with E-state index in [0.29, 0.717) is 22.9 Å². The van der Waals surface area contributed by atoms with Crippen molar-refractivity contribution >= 4 is 39.0 Å². The number of nitrogens with one attached hydrogen (secondary N) is 1. The Bertz CT molecular complexity index is 596. The number of rotatable bonds is 6. The normalized spacial score (nSPS) is 19.3. The molecular weight excluding hydrogens is 324 g/mol. The molecule has 0 amide bonds. The molecule has 4 nitrogen and oxygen atoms in total. The average Bonchev–Trinajstić information content (AvgIpc) is 2.46. The highest BCUT2D eigenvalue weighted by Crippen LogP contribution is 2.24. The summed E-state index contributed by atoms with van der Waals surface area (Å²) in [5, 5.41) is 0.400. The molecule has 21 heavy (non-hydrogen) atoms. The van der Waals surface area contributed by atoms with Crippen molar-refractivity contribution in [2.24, 2.45) is 5.73 Å². The van der Waals surface area contributed by atoms with E-state index in [-0.39, 0.29) is 10.7 Å². The molecule has 1 unspecified atom stereocenters. The van der Waals surface area contributed by atoms with Crippen molar-refractivity contribution in [3.63, 3.8) is 0 Å². The third kappa shape index (κ3) is 5.58. The molecule has 1 aliphatic heterocycles. The van der Waals surface area contributed by atoms with E-state index in [1.54, 1.807) is 24.3 Å². The summed E-state index contributed by atoms with van der Waals surface area (Å²) >= 11 is 6.77. The molecule has 0 aromatic heterocycles. The minimum Gasteiger partial charge on any atom is -0.389 e. The van der Waals surface area contributed by atoms with E-state index in [4.69, 9.17) is 18.0 Å². The molecule has 0 aliphatic carbocycles. The standard InChI is InChI=1S/C14H20N2O2S3/c15-14(19)12-5-3-4-11(8-12)10-21(17,18)16-9-13-6-1-2-7-20-13/h3-5,8,13,16H,1-2,6-7,9-10H2,(H2,15,19). The number of nitrogens with two attached hydrogens (primary N) is 1. The number of benzene rings is 1. The van der Waals surface area contributed by atoms with E-state index in [2.05, 4.69) is 4.72 Å². The zero-order chi connectivity index (χ0) is 15.3. The van der Waals surface area contributed by atoms with Crippen molar-refractivity contribution < 1.29 is 8.42 Å². The van der Waals surface area contributed by atoms with Crippen LogP contribution < -0.4 is 10.5 Å². The number of hydrogen-bond donors (Lipinski definition) is 2. The van der Waals surface area contributed by atoms with Crippen LogP contribution in [0.2, 0.25) is 0 Å². The molecule has 7 heteroatoms. The highest BCUT2D eigenvalue weighted by molar-refractivity contribution is 8.00. The molecule has 1 aliphatic rings. The van der Waals surface area contributed by atoms with Gasteiger partial charge in [0.05, 0.1) is 5.75 Å². The Morgan fingerprint density at radius 3 is 2.90 bits per heavy atom. The van der Waals surface area contributed by atoms with Gasteiger partial charge in [0.15, 0.2) is 0 Å². The van der Waals surface area contributed by atoms with Crippen molar-refractivity contribution in [1.82, 2.24) is 4.72 Å². The van der Waals surface area contributed by atoms with Crippen LogP contribution in [-0.2, 0) is 15.8 Å². The highest BCUT2D eigenvalue weighted by atomic mass is 32.2. The van der Waals surface area contributed by atoms with Crippen LogP contribution in [0, 0.1) is 0 Å². The van der Waals surface area contributed by atoms with Crippen LogP contribution in [-0.4, -0.2) is 31.0 Å². The van der Waals surface area contributed by atoms with Gasteiger partial charge < -0.3 is 5.73 Å². The van der Waals surface area contributed by atoms with E-state index in [0.717, 1.165) is 12.2 Å². The van der Waals surface area contributed by atoms with E-state index >= 15 is 0 Å². The fourth-order valence-electron chi connectivity index (χ4n) is 2.27. The SMILES string of the molecule is NC(=S)c1cccc(CS(=O)(=O)NCC2CCCCS2)c1. The van der Waals surface area contributed by atoms with Crippen molar-refractivity contribution in [3.05, 3.63) is 35.4 Å². The van der Waals surface area contributed by atoms with Crippen LogP contribution in [0.3, 0.4) is 0 Å². The zero-order valence-electron chi connectivity index (χ0n) is 11.7. The van der Waals surface area contributed by atoms with Gasteiger partial charge in [0.2, 0.25) is 10.0 Å². The first-order valence-corrected chi connectivity index (χ1v) is 10.0. The molecule has 1 aromatic rings. The van der Waals surface area contributed by atoms with Crippen molar-refractivity contribution in [2.75, 3.05) is 12.3 Å². The summed E-state index contributed by atoms with van der Waals surface area (Å²) in [6, 6.07) is 7.06. The number of sulfonamides is 1. The maximum Gasteiger partial charge on any atom is 0.215 e. The molecule has 2 rings (SSSR count). The predicted molar refractivity (Wildman–Crippen MR) is 93.1 cm³/mol. The first-order valence-electron chi connectivity index (χ1n) is 6.94. The van der Waals surface area contributed by atoms with Gasteiger partial charge in [0.1, 0.15) is 4.99 Å². The Balaban J connectivity index is 1.93. The minimum atomic E-state index is -3.32. The van der Waals surface area contributed by atoms with Crippen LogP contribution in [0.5, 0.6) is 0 Å². The van der Waals surface area contributed by atoms with E-state index in [1.165, 1.54) is 12.8 Å². The van der Waals surface area contributed by atoms with Gasteiger partial charge in [0, 0.05) is 17.4 Å². The van der Waals surface area contributed by atoms with Gasteiger partial charge >= 0.3 is 0 Å². The Labute approximate surface area is 135 Å². The Kier molecular flexibility index (Phi) is 6.04. The van der Waals surface area contributed by atoms with Crippen LogP contribution >= 0.6 is 24.0 Å². The lowest BCUT2D eigenvalue weighted by atomic mass is 10.1. The molecule has 1 heterocycles. The lowest BCUT2D eigenvalue weighted by Crippen LogP contribution is -2.32. The molecule has 1 saturated heterocycles. The zero-order valence-corrected chi connectivity index (χ0v) is 14.2. The Hall–Kier alpha value is -0.630. The van der Waals surface area contributed by atoms with E-state index < -0.39 is 10.0 Å². The second-order valence-electron chi connectivity index (χ2n) is 5.16. The minimum absolute atomic E-state index is 0.0408. The summed E-state index contributed by atoms with van der Waals surface area (Å²) in [6.45, 7) is 0.516. The van der Waals surface area contributed by atoms with Crippen LogP contribution in [0.25, 0.3) is 0 Å². The van der Waals surface area contributed by atoms with Crippen molar-refractivity contribution in [2.45, 2.75) is 30.3 Å². The lowest BCUT2D eigenvalue weighted by Gasteiger charge is -2.21. The molecule has 0 radical (unpaired) electrons. The van der Waals surface area contributed by atoms with Crippen LogP contribution in [0.15, 0.2) is 24.3 Å². The van der Waals surface area contributed by atoms with E-state index in [1.807, 2.05) is 11.8 Å². The van der Waals surface area contributed by atoms with Crippen molar-refractivity contribution in [3.8, 4) is 0 Å². The van der Waals surface area contributed by atoms with Crippen molar-refractivity contribution in [1.29, 1.82) is 0 Å². The van der Waals surface area contributed by atoms with Crippen LogP contribution in [0.1, 0.15) is 30.4 Å². The fourth-order valence-corrected chi connectivity index (χ4v) is 4.92. The molecule has 0 bridgehead atoms. The topological polar surface area (TPSA) is 72.2 Å².